The Morgan fingerprint density at radius 1 is 1.00 bits per heavy atom. The fourth-order valence-corrected chi connectivity index (χ4v) is 4.49. The van der Waals surface area contributed by atoms with Crippen molar-refractivity contribution < 1.29 is 9.53 Å². The van der Waals surface area contributed by atoms with E-state index in [0.29, 0.717) is 11.4 Å². The lowest BCUT2D eigenvalue weighted by molar-refractivity contribution is 0.0348. The molecule has 0 aliphatic carbocycles. The van der Waals surface area contributed by atoms with E-state index in [0.717, 1.165) is 31.4 Å². The molecule has 4 heterocycles. The molecule has 6 nitrogen and oxygen atoms in total. The molecule has 2 aliphatic heterocycles. The third-order valence-electron chi connectivity index (χ3n) is 5.71. The molecule has 28 heavy (non-hydrogen) atoms. The minimum Gasteiger partial charge on any atom is -0.474 e. The second kappa shape index (κ2) is 7.11. The monoisotopic (exact) mass is 374 g/mol. The predicted octanol–water partition coefficient (Wildman–Crippen LogP) is 3.48. The van der Waals surface area contributed by atoms with Crippen molar-refractivity contribution >= 4 is 5.91 Å². The van der Waals surface area contributed by atoms with Crippen LogP contribution in [0.15, 0.2) is 67.1 Å². The summed E-state index contributed by atoms with van der Waals surface area (Å²) in [4.78, 5) is 19.6. The zero-order valence-electron chi connectivity index (χ0n) is 15.5. The molecule has 5 rings (SSSR count). The number of carbonyl (C=O) groups is 1. The fraction of sp³-hybridized carbons (Fsp3) is 0.318. The summed E-state index contributed by atoms with van der Waals surface area (Å²) in [6, 6.07) is 15.7. The van der Waals surface area contributed by atoms with Gasteiger partial charge in [0.25, 0.3) is 5.91 Å². The summed E-state index contributed by atoms with van der Waals surface area (Å²) in [7, 11) is 0. The van der Waals surface area contributed by atoms with Crippen molar-refractivity contribution in [2.45, 2.75) is 43.9 Å². The number of amides is 1. The summed E-state index contributed by atoms with van der Waals surface area (Å²) in [5, 5.41) is 4.26. The Morgan fingerprint density at radius 3 is 2.57 bits per heavy atom. The molecule has 2 aromatic heterocycles. The summed E-state index contributed by atoms with van der Waals surface area (Å²) in [6.45, 7) is 0. The lowest BCUT2D eigenvalue weighted by atomic mass is 9.98. The standard InChI is InChI=1S/C22H22N4O2/c27-22(16-5-3-6-17(13-16)25-12-4-11-24-25)26-18-8-9-19(26)15-20(14-18)28-21-7-1-2-10-23-21/h1-7,10-13,18-20H,8-9,14-15H2. The number of hydrogen-bond donors (Lipinski definition) is 0. The zero-order chi connectivity index (χ0) is 18.9. The first kappa shape index (κ1) is 17.0. The Balaban J connectivity index is 1.32. The Morgan fingerprint density at radius 2 is 1.86 bits per heavy atom. The van der Waals surface area contributed by atoms with E-state index in [1.54, 1.807) is 17.1 Å². The highest BCUT2D eigenvalue weighted by Gasteiger charge is 2.44. The normalized spacial score (nSPS) is 23.6. The van der Waals surface area contributed by atoms with Crippen LogP contribution in [0.25, 0.3) is 5.69 Å². The molecule has 2 unspecified atom stereocenters. The van der Waals surface area contributed by atoms with E-state index < -0.39 is 0 Å². The molecule has 1 aromatic carbocycles. The zero-order valence-corrected chi connectivity index (χ0v) is 15.5. The molecule has 3 aromatic rings. The first-order chi connectivity index (χ1) is 13.8. The lowest BCUT2D eigenvalue weighted by Crippen LogP contribution is -2.49. The Kier molecular flexibility index (Phi) is 4.31. The maximum absolute atomic E-state index is 13.3. The van der Waals surface area contributed by atoms with Crippen molar-refractivity contribution in [1.82, 2.24) is 19.7 Å². The third kappa shape index (κ3) is 3.15. The van der Waals surface area contributed by atoms with Gasteiger partial charge in [-0.3, -0.25) is 4.79 Å². The van der Waals surface area contributed by atoms with E-state index in [2.05, 4.69) is 15.0 Å². The topological polar surface area (TPSA) is 60.2 Å². The second-order valence-electron chi connectivity index (χ2n) is 7.48. The highest BCUT2D eigenvalue weighted by Crippen LogP contribution is 2.38. The van der Waals surface area contributed by atoms with Crippen molar-refractivity contribution in [2.75, 3.05) is 0 Å². The van der Waals surface area contributed by atoms with Gasteiger partial charge in [0.1, 0.15) is 6.10 Å². The number of pyridine rings is 1. The number of nitrogens with zero attached hydrogens (tertiary/aromatic N) is 4. The predicted molar refractivity (Wildman–Crippen MR) is 104 cm³/mol. The molecule has 2 saturated heterocycles. The largest absolute Gasteiger partial charge is 0.474 e. The summed E-state index contributed by atoms with van der Waals surface area (Å²) >= 11 is 0. The number of ether oxygens (including phenoxy) is 1. The molecule has 0 N–H and O–H groups in total. The molecule has 2 fully saturated rings. The second-order valence-corrected chi connectivity index (χ2v) is 7.48. The van der Waals surface area contributed by atoms with Gasteiger partial charge in [-0.05, 0) is 43.2 Å². The van der Waals surface area contributed by atoms with Crippen LogP contribution >= 0.6 is 0 Å². The van der Waals surface area contributed by atoms with E-state index in [-0.39, 0.29) is 24.1 Å². The first-order valence-electron chi connectivity index (χ1n) is 9.78. The molecular weight excluding hydrogens is 352 g/mol. The number of piperidine rings is 1. The van der Waals surface area contributed by atoms with Gasteiger partial charge in [-0.2, -0.15) is 5.10 Å². The molecular formula is C22H22N4O2. The summed E-state index contributed by atoms with van der Waals surface area (Å²) < 4.78 is 7.85. The molecule has 0 radical (unpaired) electrons. The van der Waals surface area contributed by atoms with Crippen LogP contribution in [0.4, 0.5) is 0 Å². The smallest absolute Gasteiger partial charge is 0.254 e. The Hall–Kier alpha value is -3.15. The highest BCUT2D eigenvalue weighted by atomic mass is 16.5. The van der Waals surface area contributed by atoms with E-state index in [1.807, 2.05) is 54.7 Å². The minimum absolute atomic E-state index is 0.109. The fourth-order valence-electron chi connectivity index (χ4n) is 4.49. The maximum Gasteiger partial charge on any atom is 0.254 e. The number of fused-ring (bicyclic) bond motifs is 2. The van der Waals surface area contributed by atoms with Crippen LogP contribution in [-0.2, 0) is 0 Å². The number of aromatic nitrogens is 3. The molecule has 1 amide bonds. The third-order valence-corrected chi connectivity index (χ3v) is 5.71. The number of rotatable bonds is 4. The van der Waals surface area contributed by atoms with E-state index in [1.165, 1.54) is 0 Å². The maximum atomic E-state index is 13.3. The molecule has 0 spiro atoms. The average Bonchev–Trinajstić information content (AvgIpc) is 3.35. The van der Waals surface area contributed by atoms with Crippen molar-refractivity contribution in [1.29, 1.82) is 0 Å². The molecule has 2 bridgehead atoms. The quantitative estimate of drug-likeness (QED) is 0.701. The average molecular weight is 374 g/mol. The van der Waals surface area contributed by atoms with Gasteiger partial charge in [0.2, 0.25) is 5.88 Å². The van der Waals surface area contributed by atoms with Gasteiger partial charge in [0, 0.05) is 55.1 Å². The number of benzene rings is 1. The van der Waals surface area contributed by atoms with Gasteiger partial charge in [-0.1, -0.05) is 12.1 Å². The van der Waals surface area contributed by atoms with Crippen LogP contribution in [0.2, 0.25) is 0 Å². The number of carbonyl (C=O) groups excluding carboxylic acids is 1. The van der Waals surface area contributed by atoms with Crippen LogP contribution in [0.5, 0.6) is 5.88 Å². The van der Waals surface area contributed by atoms with Crippen molar-refractivity contribution in [3.63, 3.8) is 0 Å². The van der Waals surface area contributed by atoms with Gasteiger partial charge in [0.15, 0.2) is 0 Å². The van der Waals surface area contributed by atoms with E-state index in [9.17, 15) is 4.79 Å². The Labute approximate surface area is 163 Å². The van der Waals surface area contributed by atoms with E-state index >= 15 is 0 Å². The van der Waals surface area contributed by atoms with E-state index in [4.69, 9.17) is 4.74 Å². The van der Waals surface area contributed by atoms with Gasteiger partial charge < -0.3 is 9.64 Å². The molecule has 142 valence electrons. The molecule has 6 heteroatoms. The molecule has 0 saturated carbocycles. The SMILES string of the molecule is O=C(c1cccc(-n2cccn2)c1)N1C2CCC1CC(Oc1ccccn1)C2. The van der Waals surface area contributed by atoms with Crippen molar-refractivity contribution in [3.05, 3.63) is 72.7 Å². The summed E-state index contributed by atoms with van der Waals surface area (Å²) in [5.41, 5.74) is 1.62. The van der Waals surface area contributed by atoms with Crippen LogP contribution < -0.4 is 4.74 Å². The summed E-state index contributed by atoms with van der Waals surface area (Å²) in [6.07, 6.45) is 9.28. The van der Waals surface area contributed by atoms with Gasteiger partial charge in [-0.15, -0.1) is 0 Å². The van der Waals surface area contributed by atoms with Gasteiger partial charge in [-0.25, -0.2) is 9.67 Å². The van der Waals surface area contributed by atoms with Gasteiger partial charge in [0.05, 0.1) is 5.69 Å². The number of hydrogen-bond acceptors (Lipinski definition) is 4. The highest BCUT2D eigenvalue weighted by molar-refractivity contribution is 5.95. The minimum atomic E-state index is 0.109. The van der Waals surface area contributed by atoms with Crippen molar-refractivity contribution in [3.8, 4) is 11.6 Å². The summed E-state index contributed by atoms with van der Waals surface area (Å²) in [5.74, 6) is 0.774. The Bertz CT molecular complexity index is 944. The van der Waals surface area contributed by atoms with Crippen LogP contribution in [0, 0.1) is 0 Å². The van der Waals surface area contributed by atoms with Crippen LogP contribution in [0.3, 0.4) is 0 Å². The van der Waals surface area contributed by atoms with Crippen molar-refractivity contribution in [2.24, 2.45) is 0 Å². The molecule has 2 aliphatic rings. The van der Waals surface area contributed by atoms with Crippen LogP contribution in [0.1, 0.15) is 36.0 Å². The first-order valence-corrected chi connectivity index (χ1v) is 9.78. The van der Waals surface area contributed by atoms with Gasteiger partial charge >= 0.3 is 0 Å². The molecule has 2 atom stereocenters. The lowest BCUT2D eigenvalue weighted by Gasteiger charge is -2.38. The van der Waals surface area contributed by atoms with Crippen LogP contribution in [-0.4, -0.2) is 43.8 Å².